The van der Waals surface area contributed by atoms with Crippen LogP contribution in [-0.2, 0) is 9.84 Å². The van der Waals surface area contributed by atoms with Crippen molar-refractivity contribution in [2.24, 2.45) is 0 Å². The fraction of sp³-hybridized carbons (Fsp3) is 0.200. The van der Waals surface area contributed by atoms with Crippen molar-refractivity contribution in [3.8, 4) is 12.1 Å². The molecule has 0 saturated heterocycles. The Labute approximate surface area is 143 Å². The molecule has 3 rings (SSSR count). The highest BCUT2D eigenvalue weighted by atomic mass is 32.2. The molecule has 1 aromatic heterocycles. The van der Waals surface area contributed by atoms with E-state index in [9.17, 15) is 13.7 Å². The Kier molecular flexibility index (Phi) is 3.70. The van der Waals surface area contributed by atoms with Gasteiger partial charge >= 0.3 is 0 Å². The predicted molar refractivity (Wildman–Crippen MR) is 88.8 cm³/mol. The molecule has 2 heterocycles. The van der Waals surface area contributed by atoms with E-state index >= 15 is 0 Å². The molecule has 9 nitrogen and oxygen atoms in total. The summed E-state index contributed by atoms with van der Waals surface area (Å²) >= 11 is 0. The minimum Gasteiger partial charge on any atom is -0.366 e. The van der Waals surface area contributed by atoms with Gasteiger partial charge in [0.1, 0.15) is 6.04 Å². The topological polar surface area (TPSA) is 150 Å². The number of nitrogens with one attached hydrogen (secondary N) is 1. The lowest BCUT2D eigenvalue weighted by Gasteiger charge is -2.27. The quantitative estimate of drug-likeness (QED) is 0.808. The summed E-state index contributed by atoms with van der Waals surface area (Å²) in [5.41, 5.74) is 6.99. The number of allylic oxidation sites excluding steroid dienone is 2. The van der Waals surface area contributed by atoms with Gasteiger partial charge in [-0.25, -0.2) is 13.1 Å². The third kappa shape index (κ3) is 2.69. The van der Waals surface area contributed by atoms with Crippen LogP contribution < -0.4 is 11.1 Å². The summed E-state index contributed by atoms with van der Waals surface area (Å²) < 4.78 is 25.9. The number of nitrogens with zero attached hydrogens (tertiary/aromatic N) is 5. The number of benzene rings is 1. The highest BCUT2D eigenvalue weighted by molar-refractivity contribution is 7.90. The number of anilines is 2. The van der Waals surface area contributed by atoms with Crippen LogP contribution in [0.2, 0.25) is 0 Å². The molecular weight excluding hydrogens is 342 g/mol. The summed E-state index contributed by atoms with van der Waals surface area (Å²) in [7, 11) is -3.66. The second kappa shape index (κ2) is 5.61. The number of hydrogen-bond donors (Lipinski definition) is 2. The summed E-state index contributed by atoms with van der Waals surface area (Å²) in [6.45, 7) is 1.68. The number of fused-ring (bicyclic) bond motifs is 1. The number of nitrogens with two attached hydrogens (primary N) is 1. The van der Waals surface area contributed by atoms with Crippen molar-refractivity contribution >= 4 is 21.7 Å². The van der Waals surface area contributed by atoms with Crippen LogP contribution in [0.3, 0.4) is 0 Å². The van der Waals surface area contributed by atoms with Gasteiger partial charge in [0.2, 0.25) is 11.9 Å². The van der Waals surface area contributed by atoms with Crippen LogP contribution in [0, 0.1) is 22.7 Å². The highest BCUT2D eigenvalue weighted by Crippen LogP contribution is 2.37. The second-order valence-corrected chi connectivity index (χ2v) is 7.54. The first-order valence-electron chi connectivity index (χ1n) is 7.10. The van der Waals surface area contributed by atoms with Crippen LogP contribution in [0.25, 0.3) is 0 Å². The number of nitrogen functional groups attached to an aromatic ring is 1. The van der Waals surface area contributed by atoms with Crippen LogP contribution in [-0.4, -0.2) is 29.4 Å². The van der Waals surface area contributed by atoms with Crippen molar-refractivity contribution in [3.63, 3.8) is 0 Å². The van der Waals surface area contributed by atoms with E-state index in [1.807, 2.05) is 6.07 Å². The first-order valence-corrected chi connectivity index (χ1v) is 8.99. The molecule has 10 heteroatoms. The Bertz CT molecular complexity index is 1100. The zero-order chi connectivity index (χ0) is 18.4. The van der Waals surface area contributed by atoms with E-state index in [-0.39, 0.29) is 22.0 Å². The fourth-order valence-electron chi connectivity index (χ4n) is 2.75. The van der Waals surface area contributed by atoms with Crippen LogP contribution in [0.4, 0.5) is 11.9 Å². The molecule has 0 bridgehead atoms. The van der Waals surface area contributed by atoms with Crippen molar-refractivity contribution < 1.29 is 8.42 Å². The first-order chi connectivity index (χ1) is 11.8. The smallest absolute Gasteiger partial charge is 0.241 e. The Morgan fingerprint density at radius 3 is 2.64 bits per heavy atom. The average Bonchev–Trinajstić information content (AvgIpc) is 2.91. The van der Waals surface area contributed by atoms with Crippen LogP contribution >= 0.6 is 0 Å². The van der Waals surface area contributed by atoms with E-state index in [0.717, 1.165) is 6.26 Å². The van der Waals surface area contributed by atoms with Gasteiger partial charge in [-0.2, -0.15) is 15.5 Å². The summed E-state index contributed by atoms with van der Waals surface area (Å²) in [5.74, 6) is 0.303. The minimum absolute atomic E-state index is 0.00552. The second-order valence-electron chi connectivity index (χ2n) is 5.55. The monoisotopic (exact) mass is 355 g/mol. The largest absolute Gasteiger partial charge is 0.366 e. The fourth-order valence-corrected chi connectivity index (χ4v) is 3.70. The number of rotatable bonds is 2. The summed E-state index contributed by atoms with van der Waals surface area (Å²) in [6, 6.07) is 7.49. The van der Waals surface area contributed by atoms with E-state index in [2.05, 4.69) is 21.5 Å². The van der Waals surface area contributed by atoms with Crippen molar-refractivity contribution in [2.75, 3.05) is 17.3 Å². The molecule has 1 aromatic carbocycles. The lowest BCUT2D eigenvalue weighted by atomic mass is 9.96. The molecule has 25 heavy (non-hydrogen) atoms. The normalized spacial score (nSPS) is 16.6. The molecule has 1 aliphatic rings. The van der Waals surface area contributed by atoms with Gasteiger partial charge in [-0.3, -0.25) is 0 Å². The average molecular weight is 355 g/mol. The number of nitriles is 2. The third-order valence-corrected chi connectivity index (χ3v) is 4.98. The number of hydrogen-bond acceptors (Lipinski definition) is 8. The van der Waals surface area contributed by atoms with Crippen molar-refractivity contribution in [1.29, 1.82) is 10.5 Å². The molecule has 0 fully saturated rings. The van der Waals surface area contributed by atoms with Crippen molar-refractivity contribution in [1.82, 2.24) is 14.8 Å². The standard InChI is InChI=1S/C15H13N7O2S/c1-8-11(7-17)13(22-15(19-8)20-14(18)21-22)10-4-3-9(6-16)5-12(10)25(2,23)24/h3-5,13H,1-2H3,(H3,18,19,20,21). The molecule has 2 aromatic rings. The van der Waals surface area contributed by atoms with Gasteiger partial charge in [-0.05, 0) is 19.1 Å². The predicted octanol–water partition coefficient (Wildman–Crippen LogP) is 0.948. The number of aromatic nitrogens is 3. The van der Waals surface area contributed by atoms with Crippen molar-refractivity contribution in [3.05, 3.63) is 40.6 Å². The molecule has 0 saturated carbocycles. The van der Waals surface area contributed by atoms with E-state index in [1.54, 1.807) is 6.92 Å². The molecule has 1 atom stereocenters. The van der Waals surface area contributed by atoms with Crippen LogP contribution in [0.15, 0.2) is 34.4 Å². The lowest BCUT2D eigenvalue weighted by Crippen LogP contribution is -2.25. The molecular formula is C15H13N7O2S. The van der Waals surface area contributed by atoms with E-state index in [4.69, 9.17) is 11.0 Å². The summed E-state index contributed by atoms with van der Waals surface area (Å²) in [5, 5.41) is 25.7. The van der Waals surface area contributed by atoms with Gasteiger partial charge in [0, 0.05) is 17.5 Å². The zero-order valence-corrected chi connectivity index (χ0v) is 14.2. The molecule has 3 N–H and O–H groups in total. The van der Waals surface area contributed by atoms with Gasteiger partial charge < -0.3 is 11.1 Å². The van der Waals surface area contributed by atoms with Gasteiger partial charge in [-0.1, -0.05) is 6.07 Å². The Morgan fingerprint density at radius 2 is 2.04 bits per heavy atom. The molecule has 0 radical (unpaired) electrons. The lowest BCUT2D eigenvalue weighted by molar-refractivity contribution is 0.570. The van der Waals surface area contributed by atoms with Gasteiger partial charge in [0.15, 0.2) is 9.84 Å². The molecule has 1 aliphatic heterocycles. The minimum atomic E-state index is -3.66. The van der Waals surface area contributed by atoms with Crippen LogP contribution in [0.5, 0.6) is 0 Å². The highest BCUT2D eigenvalue weighted by Gasteiger charge is 2.33. The Morgan fingerprint density at radius 1 is 1.32 bits per heavy atom. The van der Waals surface area contributed by atoms with Gasteiger partial charge in [-0.15, -0.1) is 5.10 Å². The summed E-state index contributed by atoms with van der Waals surface area (Å²) in [4.78, 5) is 4.00. The molecule has 1 unspecified atom stereocenters. The van der Waals surface area contributed by atoms with Crippen LogP contribution in [0.1, 0.15) is 24.1 Å². The van der Waals surface area contributed by atoms with Gasteiger partial charge in [0.25, 0.3) is 0 Å². The van der Waals surface area contributed by atoms with E-state index in [0.29, 0.717) is 17.2 Å². The molecule has 0 aliphatic carbocycles. The maximum atomic E-state index is 12.3. The Hall–Kier alpha value is -3.37. The summed E-state index contributed by atoms with van der Waals surface area (Å²) in [6.07, 6.45) is 1.05. The van der Waals surface area contributed by atoms with E-state index in [1.165, 1.54) is 22.9 Å². The van der Waals surface area contributed by atoms with Crippen molar-refractivity contribution in [2.45, 2.75) is 17.9 Å². The zero-order valence-electron chi connectivity index (χ0n) is 13.3. The maximum Gasteiger partial charge on any atom is 0.241 e. The third-order valence-electron chi connectivity index (χ3n) is 3.83. The molecule has 126 valence electrons. The number of sulfone groups is 1. The Balaban J connectivity index is 2.35. The first kappa shape index (κ1) is 16.5. The molecule has 0 amide bonds. The maximum absolute atomic E-state index is 12.3. The van der Waals surface area contributed by atoms with Gasteiger partial charge in [0.05, 0.1) is 28.2 Å². The SMILES string of the molecule is CC1=C(C#N)C(c2ccc(C#N)cc2S(C)(=O)=O)n2nc(N)nc2N1. The van der Waals surface area contributed by atoms with E-state index < -0.39 is 15.9 Å². The molecule has 0 spiro atoms.